The summed E-state index contributed by atoms with van der Waals surface area (Å²) in [7, 11) is 3.10. The molecule has 8 nitrogen and oxygen atoms in total. The number of rotatable bonds is 4. The number of carbonyl (C=O) groups excluding carboxylic acids is 2. The highest BCUT2D eigenvalue weighted by Gasteiger charge is 2.22. The van der Waals surface area contributed by atoms with Gasteiger partial charge in [-0.05, 0) is 55.0 Å². The van der Waals surface area contributed by atoms with Crippen LogP contribution in [0.5, 0.6) is 0 Å². The molecule has 0 atom stereocenters. The molecule has 0 saturated carbocycles. The molecule has 1 saturated heterocycles. The summed E-state index contributed by atoms with van der Waals surface area (Å²) < 4.78 is 6.02. The molecule has 1 amide bonds. The number of aliphatic hydroxyl groups excluding tert-OH is 1. The first-order valence-corrected chi connectivity index (χ1v) is 8.56. The Balaban J connectivity index is 0.00000109. The van der Waals surface area contributed by atoms with Crippen molar-refractivity contribution in [3.05, 3.63) is 22.0 Å². The minimum Gasteiger partial charge on any atom is -0.448 e. The minimum atomic E-state index is -0.685. The number of aldehydes is 1. The fourth-order valence-electron chi connectivity index (χ4n) is 2.74. The van der Waals surface area contributed by atoms with Crippen molar-refractivity contribution in [3.8, 4) is 0 Å². The molecule has 0 bridgehead atoms. The van der Waals surface area contributed by atoms with E-state index in [0.29, 0.717) is 22.0 Å². The molecular formula is C16H21BrN4O4. The van der Waals surface area contributed by atoms with E-state index in [0.717, 1.165) is 33.0 Å². The molecule has 4 N–H and O–H groups in total. The molecule has 1 fully saturated rings. The third kappa shape index (κ3) is 4.17. The summed E-state index contributed by atoms with van der Waals surface area (Å²) >= 11 is 3.48. The Bertz CT molecular complexity index is 769. The van der Waals surface area contributed by atoms with E-state index in [1.54, 1.807) is 0 Å². The van der Waals surface area contributed by atoms with Crippen LogP contribution in [0, 0.1) is 0 Å². The van der Waals surface area contributed by atoms with Crippen molar-refractivity contribution >= 4 is 44.9 Å². The second-order valence-corrected chi connectivity index (χ2v) is 6.51. The van der Waals surface area contributed by atoms with Crippen LogP contribution in [0.2, 0.25) is 0 Å². The highest BCUT2D eigenvalue weighted by molar-refractivity contribution is 9.10. The van der Waals surface area contributed by atoms with Gasteiger partial charge in [0.05, 0.1) is 4.47 Å². The van der Waals surface area contributed by atoms with Gasteiger partial charge in [0.1, 0.15) is 11.5 Å². The van der Waals surface area contributed by atoms with Crippen molar-refractivity contribution in [3.63, 3.8) is 0 Å². The third-order valence-electron chi connectivity index (χ3n) is 4.06. The standard InChI is InChI=1S/C15H17BrN4O3.CH4O/c1-20-4-2-8(3-5-20)18-15-12(16)9-6-11(14(17)22)23-13(9)10(7-21)19-15;1-2/h6-8H,2-5H2,1H3,(H2,17,22)(H,18,19);2H,1H3. The fourth-order valence-corrected chi connectivity index (χ4v) is 3.23. The molecule has 2 aromatic rings. The van der Waals surface area contributed by atoms with Crippen molar-refractivity contribution < 1.29 is 19.1 Å². The van der Waals surface area contributed by atoms with E-state index in [4.69, 9.17) is 15.3 Å². The van der Waals surface area contributed by atoms with Gasteiger partial charge < -0.3 is 25.5 Å². The molecule has 1 aliphatic heterocycles. The fraction of sp³-hybridized carbons (Fsp3) is 0.438. The van der Waals surface area contributed by atoms with E-state index in [1.807, 2.05) is 0 Å². The van der Waals surface area contributed by atoms with E-state index in [1.165, 1.54) is 6.07 Å². The number of carbonyl (C=O) groups is 2. The highest BCUT2D eigenvalue weighted by Crippen LogP contribution is 2.34. The maximum absolute atomic E-state index is 11.3. The monoisotopic (exact) mass is 412 g/mol. The topological polar surface area (TPSA) is 122 Å². The van der Waals surface area contributed by atoms with E-state index in [2.05, 4.69) is 38.2 Å². The SMILES string of the molecule is CN1CCC(Nc2nc(C=O)c3oc(C(N)=O)cc3c2Br)CC1.CO. The van der Waals surface area contributed by atoms with E-state index in [-0.39, 0.29) is 23.1 Å². The van der Waals surface area contributed by atoms with Crippen molar-refractivity contribution in [1.29, 1.82) is 0 Å². The molecule has 0 aromatic carbocycles. The van der Waals surface area contributed by atoms with Crippen LogP contribution in [0.1, 0.15) is 33.9 Å². The van der Waals surface area contributed by atoms with Crippen LogP contribution in [0.3, 0.4) is 0 Å². The average Bonchev–Trinajstić information content (AvgIpc) is 3.07. The Morgan fingerprint density at radius 2 is 2.12 bits per heavy atom. The zero-order valence-electron chi connectivity index (χ0n) is 14.1. The van der Waals surface area contributed by atoms with E-state index >= 15 is 0 Å². The lowest BCUT2D eigenvalue weighted by Gasteiger charge is -2.30. The van der Waals surface area contributed by atoms with Gasteiger partial charge in [-0.2, -0.15) is 0 Å². The maximum Gasteiger partial charge on any atom is 0.284 e. The van der Waals surface area contributed by atoms with Gasteiger partial charge in [-0.25, -0.2) is 4.98 Å². The zero-order valence-corrected chi connectivity index (χ0v) is 15.7. The van der Waals surface area contributed by atoms with E-state index in [9.17, 15) is 9.59 Å². The number of nitrogens with one attached hydrogen (secondary N) is 1. The summed E-state index contributed by atoms with van der Waals surface area (Å²) in [6, 6.07) is 1.81. The number of likely N-dealkylation sites (tertiary alicyclic amines) is 1. The van der Waals surface area contributed by atoms with Gasteiger partial charge in [0, 0.05) is 18.5 Å². The van der Waals surface area contributed by atoms with Gasteiger partial charge in [-0.1, -0.05) is 0 Å². The second-order valence-electron chi connectivity index (χ2n) is 5.72. The maximum atomic E-state index is 11.3. The molecule has 2 aromatic heterocycles. The van der Waals surface area contributed by atoms with Crippen LogP contribution in [0.4, 0.5) is 5.82 Å². The largest absolute Gasteiger partial charge is 0.448 e. The molecule has 3 rings (SSSR count). The number of furan rings is 1. The number of nitrogens with zero attached hydrogens (tertiary/aromatic N) is 2. The zero-order chi connectivity index (χ0) is 18.6. The van der Waals surface area contributed by atoms with Crippen LogP contribution in [-0.2, 0) is 0 Å². The Morgan fingerprint density at radius 3 is 2.68 bits per heavy atom. The van der Waals surface area contributed by atoms with Gasteiger partial charge in [0.25, 0.3) is 5.91 Å². The van der Waals surface area contributed by atoms with Crippen molar-refractivity contribution in [2.45, 2.75) is 18.9 Å². The van der Waals surface area contributed by atoms with Crippen LogP contribution in [0.15, 0.2) is 15.0 Å². The molecule has 0 radical (unpaired) electrons. The summed E-state index contributed by atoms with van der Waals surface area (Å²) in [4.78, 5) is 29.2. The number of piperidine rings is 1. The van der Waals surface area contributed by atoms with Crippen LogP contribution >= 0.6 is 15.9 Å². The van der Waals surface area contributed by atoms with Gasteiger partial charge in [-0.3, -0.25) is 9.59 Å². The Morgan fingerprint density at radius 1 is 1.48 bits per heavy atom. The summed E-state index contributed by atoms with van der Waals surface area (Å²) in [5, 5.41) is 11.0. The summed E-state index contributed by atoms with van der Waals surface area (Å²) in [5.41, 5.74) is 5.65. The summed E-state index contributed by atoms with van der Waals surface area (Å²) in [6.07, 6.45) is 2.61. The summed E-state index contributed by atoms with van der Waals surface area (Å²) in [6.45, 7) is 2.02. The number of aromatic nitrogens is 1. The quantitative estimate of drug-likeness (QED) is 0.651. The number of amides is 1. The van der Waals surface area contributed by atoms with Crippen molar-refractivity contribution in [1.82, 2.24) is 9.88 Å². The Hall–Kier alpha value is -1.97. The number of hydrogen-bond donors (Lipinski definition) is 3. The van der Waals surface area contributed by atoms with Gasteiger partial charge in [0.15, 0.2) is 17.6 Å². The van der Waals surface area contributed by atoms with Gasteiger partial charge in [0.2, 0.25) is 0 Å². The van der Waals surface area contributed by atoms with Crippen molar-refractivity contribution in [2.24, 2.45) is 5.73 Å². The second kappa shape index (κ2) is 8.41. The molecule has 25 heavy (non-hydrogen) atoms. The van der Waals surface area contributed by atoms with Crippen LogP contribution in [0.25, 0.3) is 11.0 Å². The average molecular weight is 413 g/mol. The first-order valence-electron chi connectivity index (χ1n) is 7.77. The molecule has 0 spiro atoms. The molecule has 0 unspecified atom stereocenters. The normalized spacial score (nSPS) is 15.5. The number of hydrogen-bond acceptors (Lipinski definition) is 7. The first-order chi connectivity index (χ1) is 12.0. The summed E-state index contributed by atoms with van der Waals surface area (Å²) in [5.74, 6) is -0.109. The molecule has 1 aliphatic rings. The Kier molecular flexibility index (Phi) is 6.51. The molecule has 3 heterocycles. The number of anilines is 1. The van der Waals surface area contributed by atoms with Gasteiger partial charge >= 0.3 is 0 Å². The molecule has 0 aliphatic carbocycles. The molecule has 136 valence electrons. The van der Waals surface area contributed by atoms with E-state index < -0.39 is 5.91 Å². The number of nitrogens with two attached hydrogens (primary N) is 1. The predicted molar refractivity (Wildman–Crippen MR) is 97.9 cm³/mol. The third-order valence-corrected chi connectivity index (χ3v) is 4.86. The number of primary amides is 1. The number of aliphatic hydroxyl groups is 1. The molecule has 9 heteroatoms. The highest BCUT2D eigenvalue weighted by atomic mass is 79.9. The number of fused-ring (bicyclic) bond motifs is 1. The lowest BCUT2D eigenvalue weighted by atomic mass is 10.1. The smallest absolute Gasteiger partial charge is 0.284 e. The predicted octanol–water partition coefficient (Wildman–Crippen LogP) is 1.62. The van der Waals surface area contributed by atoms with Crippen molar-refractivity contribution in [2.75, 3.05) is 32.6 Å². The number of pyridine rings is 1. The molecular weight excluding hydrogens is 392 g/mol. The van der Waals surface area contributed by atoms with Gasteiger partial charge in [-0.15, -0.1) is 0 Å². The lowest BCUT2D eigenvalue weighted by Crippen LogP contribution is -2.37. The Labute approximate surface area is 153 Å². The first kappa shape index (κ1) is 19.4. The van der Waals surface area contributed by atoms with Crippen LogP contribution in [-0.4, -0.2) is 60.5 Å². The number of halogens is 1. The minimum absolute atomic E-state index is 0.00189. The van der Waals surface area contributed by atoms with Crippen LogP contribution < -0.4 is 11.1 Å². The lowest BCUT2D eigenvalue weighted by molar-refractivity contribution is 0.0974.